The molecule has 44 heavy (non-hydrogen) atoms. The number of aromatic nitrogens is 2. The van der Waals surface area contributed by atoms with Gasteiger partial charge in [0.1, 0.15) is 11.8 Å². The summed E-state index contributed by atoms with van der Waals surface area (Å²) in [5, 5.41) is 12.5. The Morgan fingerprint density at radius 1 is 0.705 bits per heavy atom. The van der Waals surface area contributed by atoms with Gasteiger partial charge in [-0.1, -0.05) is 103 Å². The van der Waals surface area contributed by atoms with E-state index in [9.17, 15) is 19.5 Å². The molecule has 5 rings (SSSR count). The van der Waals surface area contributed by atoms with Gasteiger partial charge in [0, 0.05) is 25.7 Å². The number of imidazole rings is 1. The third-order valence-electron chi connectivity index (χ3n) is 7.25. The van der Waals surface area contributed by atoms with Crippen LogP contribution in [0.15, 0.2) is 128 Å². The van der Waals surface area contributed by atoms with Crippen LogP contribution < -0.4 is 5.32 Å². The molecule has 8 heteroatoms. The Labute approximate surface area is 256 Å². The zero-order valence-electron chi connectivity index (χ0n) is 24.3. The Balaban J connectivity index is 1.44. The standard InChI is InChI=1S/C36H34N4O4/c41-32-18-16-29(17-19-32)23-37-36(44)33(22-31-25-39(26-38-31)24-30-14-8-3-9-15-30)40(34(42)20-27-10-4-1-5-11-27)35(43)21-28-12-6-2-7-13-28/h1-19,25-26,33,41H,20-24H2,(H,37,44). The zero-order chi connectivity index (χ0) is 30.7. The molecule has 0 radical (unpaired) electrons. The number of nitrogens with zero attached hydrogens (tertiary/aromatic N) is 3. The molecule has 4 aromatic carbocycles. The molecule has 0 saturated heterocycles. The molecular weight excluding hydrogens is 552 g/mol. The van der Waals surface area contributed by atoms with Crippen molar-refractivity contribution in [2.45, 2.75) is 38.4 Å². The Morgan fingerprint density at radius 3 is 1.77 bits per heavy atom. The SMILES string of the molecule is O=C(NCc1ccc(O)cc1)C(Cc1cn(Cc2ccccc2)cn1)N(C(=O)Cc1ccccc1)C(=O)Cc1ccccc1. The number of imide groups is 1. The molecule has 0 bridgehead atoms. The molecule has 0 spiro atoms. The molecule has 2 N–H and O–H groups in total. The van der Waals surface area contributed by atoms with Gasteiger partial charge in [-0.25, -0.2) is 4.98 Å². The second kappa shape index (κ2) is 14.6. The summed E-state index contributed by atoms with van der Waals surface area (Å²) >= 11 is 0. The largest absolute Gasteiger partial charge is 0.508 e. The molecule has 0 fully saturated rings. The highest BCUT2D eigenvalue weighted by Gasteiger charge is 2.35. The van der Waals surface area contributed by atoms with Crippen LogP contribution in [0.5, 0.6) is 5.75 Å². The lowest BCUT2D eigenvalue weighted by molar-refractivity contribution is -0.151. The summed E-state index contributed by atoms with van der Waals surface area (Å²) in [7, 11) is 0. The molecule has 3 amide bonds. The van der Waals surface area contributed by atoms with E-state index in [1.165, 1.54) is 12.1 Å². The van der Waals surface area contributed by atoms with Crippen molar-refractivity contribution in [1.29, 1.82) is 0 Å². The molecule has 0 saturated carbocycles. The van der Waals surface area contributed by atoms with Gasteiger partial charge in [-0.05, 0) is 34.4 Å². The first-order valence-electron chi connectivity index (χ1n) is 14.5. The van der Waals surface area contributed by atoms with Crippen molar-refractivity contribution < 1.29 is 19.5 Å². The lowest BCUT2D eigenvalue weighted by Crippen LogP contribution is -2.54. The van der Waals surface area contributed by atoms with E-state index >= 15 is 0 Å². The number of amides is 3. The number of hydrogen-bond acceptors (Lipinski definition) is 5. The van der Waals surface area contributed by atoms with Crippen LogP contribution in [0, 0.1) is 0 Å². The first-order chi connectivity index (χ1) is 21.4. The fourth-order valence-electron chi connectivity index (χ4n) is 5.01. The number of phenols is 1. The van der Waals surface area contributed by atoms with E-state index in [1.807, 2.05) is 102 Å². The van der Waals surface area contributed by atoms with Crippen LogP contribution in [0.2, 0.25) is 0 Å². The van der Waals surface area contributed by atoms with E-state index in [1.54, 1.807) is 18.5 Å². The summed E-state index contributed by atoms with van der Waals surface area (Å²) < 4.78 is 1.91. The highest BCUT2D eigenvalue weighted by molar-refractivity contribution is 6.01. The number of carbonyl (C=O) groups excluding carboxylic acids is 3. The lowest BCUT2D eigenvalue weighted by atomic mass is 10.0. The van der Waals surface area contributed by atoms with Crippen LogP contribution >= 0.6 is 0 Å². The monoisotopic (exact) mass is 586 g/mol. The number of hydrogen-bond donors (Lipinski definition) is 2. The summed E-state index contributed by atoms with van der Waals surface area (Å²) in [6.07, 6.45) is 3.51. The first-order valence-corrected chi connectivity index (χ1v) is 14.5. The van der Waals surface area contributed by atoms with Gasteiger partial charge in [0.2, 0.25) is 17.7 Å². The fraction of sp³-hybridized carbons (Fsp3) is 0.167. The number of benzene rings is 4. The van der Waals surface area contributed by atoms with E-state index in [4.69, 9.17) is 0 Å². The van der Waals surface area contributed by atoms with Crippen LogP contribution in [0.3, 0.4) is 0 Å². The van der Waals surface area contributed by atoms with Crippen molar-refractivity contribution in [1.82, 2.24) is 19.8 Å². The number of aromatic hydroxyl groups is 1. The van der Waals surface area contributed by atoms with E-state index < -0.39 is 23.8 Å². The molecule has 1 aromatic heterocycles. The summed E-state index contributed by atoms with van der Waals surface area (Å²) in [6.45, 7) is 0.751. The van der Waals surface area contributed by atoms with E-state index in [-0.39, 0.29) is 31.6 Å². The summed E-state index contributed by atoms with van der Waals surface area (Å²) in [5.74, 6) is -1.29. The van der Waals surface area contributed by atoms with E-state index in [0.717, 1.165) is 27.2 Å². The Morgan fingerprint density at radius 2 is 1.23 bits per heavy atom. The molecule has 1 heterocycles. The molecule has 5 aromatic rings. The third kappa shape index (κ3) is 8.29. The first kappa shape index (κ1) is 30.0. The molecule has 8 nitrogen and oxygen atoms in total. The Bertz CT molecular complexity index is 1620. The molecule has 1 unspecified atom stereocenters. The van der Waals surface area contributed by atoms with Crippen LogP contribution in [0.1, 0.15) is 27.9 Å². The Kier molecular flexibility index (Phi) is 9.94. The third-order valence-corrected chi connectivity index (χ3v) is 7.25. The minimum absolute atomic E-state index is 0.0362. The molecular formula is C36H34N4O4. The van der Waals surface area contributed by atoms with Gasteiger partial charge < -0.3 is 15.0 Å². The second-order valence-electron chi connectivity index (χ2n) is 10.6. The summed E-state index contributed by atoms with van der Waals surface area (Å²) in [6, 6.07) is 33.6. The van der Waals surface area contributed by atoms with Gasteiger partial charge >= 0.3 is 0 Å². The Hall–Kier alpha value is -5.50. The van der Waals surface area contributed by atoms with Crippen LogP contribution in [0.4, 0.5) is 0 Å². The summed E-state index contributed by atoms with van der Waals surface area (Å²) in [4.78, 5) is 47.4. The van der Waals surface area contributed by atoms with Crippen molar-refractivity contribution in [3.8, 4) is 5.75 Å². The quantitative estimate of drug-likeness (QED) is 0.221. The van der Waals surface area contributed by atoms with Crippen LogP contribution in [0.25, 0.3) is 0 Å². The van der Waals surface area contributed by atoms with Gasteiger partial charge in [0.15, 0.2) is 0 Å². The second-order valence-corrected chi connectivity index (χ2v) is 10.6. The topological polar surface area (TPSA) is 105 Å². The number of phenolic OH excluding ortho intramolecular Hbond substituents is 1. The van der Waals surface area contributed by atoms with Crippen LogP contribution in [-0.4, -0.2) is 43.3 Å². The minimum Gasteiger partial charge on any atom is -0.508 e. The molecule has 0 aliphatic heterocycles. The fourth-order valence-corrected chi connectivity index (χ4v) is 5.01. The molecule has 222 valence electrons. The van der Waals surface area contributed by atoms with Gasteiger partial charge in [0.05, 0.1) is 24.9 Å². The van der Waals surface area contributed by atoms with Gasteiger partial charge in [-0.15, -0.1) is 0 Å². The van der Waals surface area contributed by atoms with Crippen molar-refractivity contribution >= 4 is 17.7 Å². The predicted octanol–water partition coefficient (Wildman–Crippen LogP) is 4.71. The molecule has 0 aliphatic rings. The van der Waals surface area contributed by atoms with E-state index in [2.05, 4.69) is 10.3 Å². The van der Waals surface area contributed by atoms with E-state index in [0.29, 0.717) is 12.2 Å². The maximum atomic E-state index is 13.9. The number of nitrogens with one attached hydrogen (secondary N) is 1. The smallest absolute Gasteiger partial charge is 0.243 e. The van der Waals surface area contributed by atoms with Gasteiger partial charge in [-0.2, -0.15) is 0 Å². The van der Waals surface area contributed by atoms with Crippen molar-refractivity contribution in [2.24, 2.45) is 0 Å². The average Bonchev–Trinajstić information content (AvgIpc) is 3.48. The average molecular weight is 587 g/mol. The van der Waals surface area contributed by atoms with Crippen molar-refractivity contribution in [3.05, 3.63) is 156 Å². The van der Waals surface area contributed by atoms with Crippen molar-refractivity contribution in [2.75, 3.05) is 0 Å². The van der Waals surface area contributed by atoms with Gasteiger partial charge in [0.25, 0.3) is 0 Å². The number of rotatable bonds is 12. The maximum Gasteiger partial charge on any atom is 0.243 e. The normalized spacial score (nSPS) is 11.5. The van der Waals surface area contributed by atoms with Crippen molar-refractivity contribution in [3.63, 3.8) is 0 Å². The molecule has 1 atom stereocenters. The highest BCUT2D eigenvalue weighted by atomic mass is 16.3. The number of carbonyl (C=O) groups is 3. The molecule has 0 aliphatic carbocycles. The van der Waals surface area contributed by atoms with Crippen LogP contribution in [-0.2, 0) is 46.7 Å². The predicted molar refractivity (Wildman–Crippen MR) is 167 cm³/mol. The zero-order valence-corrected chi connectivity index (χ0v) is 24.3. The minimum atomic E-state index is -1.14. The lowest BCUT2D eigenvalue weighted by Gasteiger charge is -2.29. The van der Waals surface area contributed by atoms with Gasteiger partial charge in [-0.3, -0.25) is 19.3 Å². The maximum absolute atomic E-state index is 13.9. The highest BCUT2D eigenvalue weighted by Crippen LogP contribution is 2.16. The summed E-state index contributed by atoms with van der Waals surface area (Å²) in [5.41, 5.74) is 3.92.